The summed E-state index contributed by atoms with van der Waals surface area (Å²) in [5.74, 6) is 0.784. The highest BCUT2D eigenvalue weighted by molar-refractivity contribution is 7.99. The molecule has 130 valence electrons. The normalized spacial score (nSPS) is 22.2. The summed E-state index contributed by atoms with van der Waals surface area (Å²) in [6.07, 6.45) is 1.59. The minimum atomic E-state index is -0.386. The van der Waals surface area contributed by atoms with Gasteiger partial charge in [-0.2, -0.15) is 11.8 Å². The summed E-state index contributed by atoms with van der Waals surface area (Å²) in [6.45, 7) is 2.29. The zero-order valence-corrected chi connectivity index (χ0v) is 15.0. The van der Waals surface area contributed by atoms with Gasteiger partial charge in [-0.1, -0.05) is 6.07 Å². The number of urea groups is 1. The van der Waals surface area contributed by atoms with Crippen LogP contribution in [0.2, 0.25) is 0 Å². The largest absolute Gasteiger partial charge is 0.342 e. The quantitative estimate of drug-likeness (QED) is 0.885. The summed E-state index contributed by atoms with van der Waals surface area (Å²) in [7, 11) is 0. The van der Waals surface area contributed by atoms with E-state index in [1.54, 1.807) is 16.2 Å². The second-order valence-electron chi connectivity index (χ2n) is 5.88. The minimum absolute atomic E-state index is 0.0899. The van der Waals surface area contributed by atoms with Gasteiger partial charge in [0.15, 0.2) is 0 Å². The van der Waals surface area contributed by atoms with Crippen LogP contribution in [0.1, 0.15) is 29.4 Å². The van der Waals surface area contributed by atoms with Crippen LogP contribution in [0.15, 0.2) is 17.5 Å². The second kappa shape index (κ2) is 8.02. The van der Waals surface area contributed by atoms with E-state index < -0.39 is 0 Å². The first-order valence-corrected chi connectivity index (χ1v) is 10.1. The SMILES string of the molecule is O=C1CCN(CCC(=O)N2CCSC(c3cccs3)CC2)C(=O)N1. The molecular weight excluding hydrogens is 346 g/mol. The zero-order valence-electron chi connectivity index (χ0n) is 13.4. The molecule has 0 bridgehead atoms. The van der Waals surface area contributed by atoms with Gasteiger partial charge in [0.05, 0.1) is 0 Å². The Kier molecular flexibility index (Phi) is 5.78. The number of rotatable bonds is 4. The first-order chi connectivity index (χ1) is 11.6. The maximum Gasteiger partial charge on any atom is 0.324 e. The van der Waals surface area contributed by atoms with Crippen LogP contribution in [0, 0.1) is 0 Å². The number of hydrogen-bond donors (Lipinski definition) is 1. The van der Waals surface area contributed by atoms with Crippen molar-refractivity contribution in [2.75, 3.05) is 31.9 Å². The lowest BCUT2D eigenvalue weighted by Crippen LogP contribution is -2.50. The summed E-state index contributed by atoms with van der Waals surface area (Å²) in [5.41, 5.74) is 0. The monoisotopic (exact) mass is 367 g/mol. The molecule has 24 heavy (non-hydrogen) atoms. The number of imide groups is 1. The molecule has 3 heterocycles. The topological polar surface area (TPSA) is 69.7 Å². The van der Waals surface area contributed by atoms with E-state index in [2.05, 4.69) is 22.8 Å². The van der Waals surface area contributed by atoms with Crippen LogP contribution in [-0.4, -0.2) is 59.6 Å². The van der Waals surface area contributed by atoms with Crippen molar-refractivity contribution in [2.24, 2.45) is 0 Å². The molecule has 1 N–H and O–H groups in total. The first kappa shape index (κ1) is 17.3. The van der Waals surface area contributed by atoms with Crippen LogP contribution in [0.5, 0.6) is 0 Å². The maximum atomic E-state index is 12.5. The fourth-order valence-corrected chi connectivity index (χ4v) is 5.16. The predicted molar refractivity (Wildman–Crippen MR) is 95.1 cm³/mol. The molecule has 2 aliphatic rings. The molecular formula is C16H21N3O3S2. The number of thiophene rings is 1. The standard InChI is InChI=1S/C16H21N3O3S2/c20-14-4-7-19(16(22)17-14)8-5-15(21)18-6-3-13(24-11-9-18)12-2-1-10-23-12/h1-2,10,13H,3-9,11H2,(H,17,20,22). The van der Waals surface area contributed by atoms with Crippen molar-refractivity contribution < 1.29 is 14.4 Å². The highest BCUT2D eigenvalue weighted by atomic mass is 32.2. The van der Waals surface area contributed by atoms with Gasteiger partial charge in [0.2, 0.25) is 11.8 Å². The Hall–Kier alpha value is -1.54. The van der Waals surface area contributed by atoms with Gasteiger partial charge in [-0.15, -0.1) is 11.3 Å². The Morgan fingerprint density at radius 2 is 2.17 bits per heavy atom. The van der Waals surface area contributed by atoms with Crippen molar-refractivity contribution >= 4 is 40.9 Å². The summed E-state index contributed by atoms with van der Waals surface area (Å²) in [6, 6.07) is 3.85. The number of carbonyl (C=O) groups is 3. The summed E-state index contributed by atoms with van der Waals surface area (Å²) < 4.78 is 0. The van der Waals surface area contributed by atoms with Crippen molar-refractivity contribution in [3.63, 3.8) is 0 Å². The van der Waals surface area contributed by atoms with E-state index in [-0.39, 0.29) is 17.8 Å². The predicted octanol–water partition coefficient (Wildman–Crippen LogP) is 2.09. The first-order valence-electron chi connectivity index (χ1n) is 8.15. The Labute approximate surface area is 149 Å². The number of nitrogens with zero attached hydrogens (tertiary/aromatic N) is 2. The molecule has 2 saturated heterocycles. The number of amides is 4. The molecule has 1 unspecified atom stereocenters. The molecule has 0 aromatic carbocycles. The molecule has 2 fully saturated rings. The van der Waals surface area contributed by atoms with Crippen LogP contribution >= 0.6 is 23.1 Å². The molecule has 0 spiro atoms. The fraction of sp³-hybridized carbons (Fsp3) is 0.562. The fourth-order valence-electron chi connectivity index (χ4n) is 2.92. The molecule has 0 aliphatic carbocycles. The number of carbonyl (C=O) groups excluding carboxylic acids is 3. The van der Waals surface area contributed by atoms with Gasteiger partial charge in [-0.05, 0) is 17.9 Å². The van der Waals surface area contributed by atoms with E-state index in [9.17, 15) is 14.4 Å². The summed E-state index contributed by atoms with van der Waals surface area (Å²) in [4.78, 5) is 40.1. The molecule has 1 atom stereocenters. The van der Waals surface area contributed by atoms with Gasteiger partial charge in [0.25, 0.3) is 0 Å². The number of thioether (sulfide) groups is 1. The molecule has 4 amide bonds. The van der Waals surface area contributed by atoms with Gasteiger partial charge in [-0.25, -0.2) is 4.79 Å². The van der Waals surface area contributed by atoms with Crippen molar-refractivity contribution in [3.8, 4) is 0 Å². The lowest BCUT2D eigenvalue weighted by Gasteiger charge is -2.27. The molecule has 2 aliphatic heterocycles. The Morgan fingerprint density at radius 3 is 2.92 bits per heavy atom. The molecule has 0 saturated carbocycles. The maximum absolute atomic E-state index is 12.5. The highest BCUT2D eigenvalue weighted by Gasteiger charge is 2.26. The average Bonchev–Trinajstić information content (AvgIpc) is 2.98. The van der Waals surface area contributed by atoms with Crippen LogP contribution in [-0.2, 0) is 9.59 Å². The number of nitrogens with one attached hydrogen (secondary N) is 1. The van der Waals surface area contributed by atoms with Crippen molar-refractivity contribution in [1.29, 1.82) is 0 Å². The van der Waals surface area contributed by atoms with Crippen LogP contribution in [0.4, 0.5) is 4.79 Å². The summed E-state index contributed by atoms with van der Waals surface area (Å²) >= 11 is 3.69. The van der Waals surface area contributed by atoms with E-state index in [0.717, 1.165) is 25.3 Å². The van der Waals surface area contributed by atoms with E-state index in [4.69, 9.17) is 0 Å². The van der Waals surface area contributed by atoms with E-state index in [0.29, 0.717) is 31.2 Å². The van der Waals surface area contributed by atoms with E-state index in [1.807, 2.05) is 16.7 Å². The van der Waals surface area contributed by atoms with Gasteiger partial charge < -0.3 is 9.80 Å². The molecule has 1 aromatic rings. The van der Waals surface area contributed by atoms with Gasteiger partial charge in [0.1, 0.15) is 0 Å². The van der Waals surface area contributed by atoms with Gasteiger partial charge in [-0.3, -0.25) is 14.9 Å². The van der Waals surface area contributed by atoms with Gasteiger partial charge >= 0.3 is 6.03 Å². The molecule has 6 nitrogen and oxygen atoms in total. The third-order valence-corrected chi connectivity index (χ3v) is 6.74. The third kappa shape index (κ3) is 4.30. The van der Waals surface area contributed by atoms with Crippen molar-refractivity contribution in [1.82, 2.24) is 15.1 Å². The highest BCUT2D eigenvalue weighted by Crippen LogP contribution is 2.36. The second-order valence-corrected chi connectivity index (χ2v) is 8.17. The molecule has 0 radical (unpaired) electrons. The summed E-state index contributed by atoms with van der Waals surface area (Å²) in [5, 5.41) is 4.85. The molecule has 8 heteroatoms. The Bertz CT molecular complexity index is 606. The zero-order chi connectivity index (χ0) is 16.9. The van der Waals surface area contributed by atoms with E-state index in [1.165, 1.54) is 4.88 Å². The van der Waals surface area contributed by atoms with Crippen LogP contribution < -0.4 is 5.32 Å². The van der Waals surface area contributed by atoms with Crippen molar-refractivity contribution in [3.05, 3.63) is 22.4 Å². The lowest BCUT2D eigenvalue weighted by molar-refractivity contribution is -0.131. The lowest BCUT2D eigenvalue weighted by atomic mass is 10.2. The molecule has 3 rings (SSSR count). The smallest absolute Gasteiger partial charge is 0.324 e. The Balaban J connectivity index is 1.47. The van der Waals surface area contributed by atoms with Crippen LogP contribution in [0.25, 0.3) is 0 Å². The van der Waals surface area contributed by atoms with Crippen LogP contribution in [0.3, 0.4) is 0 Å². The average molecular weight is 367 g/mol. The minimum Gasteiger partial charge on any atom is -0.342 e. The Morgan fingerprint density at radius 1 is 1.29 bits per heavy atom. The van der Waals surface area contributed by atoms with E-state index >= 15 is 0 Å². The molecule has 1 aromatic heterocycles. The third-order valence-electron chi connectivity index (χ3n) is 4.29. The van der Waals surface area contributed by atoms with Crippen molar-refractivity contribution in [2.45, 2.75) is 24.5 Å². The van der Waals surface area contributed by atoms with Gasteiger partial charge in [0, 0.05) is 54.9 Å². The number of hydrogen-bond acceptors (Lipinski definition) is 5.